The Morgan fingerprint density at radius 3 is 3.00 bits per heavy atom. The van der Waals surface area contributed by atoms with Crippen LogP contribution in [0.3, 0.4) is 0 Å². The Hall–Kier alpha value is -2.67. The second kappa shape index (κ2) is 8.14. The van der Waals surface area contributed by atoms with Crippen molar-refractivity contribution in [1.29, 1.82) is 0 Å². The monoisotopic (exact) mass is 397 g/mol. The molecule has 0 fully saturated rings. The molecule has 7 heteroatoms. The van der Waals surface area contributed by atoms with Crippen LogP contribution in [0.1, 0.15) is 23.8 Å². The Labute approximate surface area is 167 Å². The molecule has 3 aromatic rings. The Morgan fingerprint density at radius 1 is 1.36 bits per heavy atom. The van der Waals surface area contributed by atoms with Gasteiger partial charge in [0.15, 0.2) is 0 Å². The number of amides is 1. The maximum atomic E-state index is 12.9. The van der Waals surface area contributed by atoms with Gasteiger partial charge in [-0.3, -0.25) is 14.2 Å². The van der Waals surface area contributed by atoms with Crippen LogP contribution in [-0.4, -0.2) is 28.6 Å². The van der Waals surface area contributed by atoms with Crippen LogP contribution >= 0.6 is 11.3 Å². The van der Waals surface area contributed by atoms with Crippen LogP contribution in [0.5, 0.6) is 5.75 Å². The molecule has 0 bridgehead atoms. The van der Waals surface area contributed by atoms with E-state index in [0.717, 1.165) is 35.4 Å². The number of para-hydroxylation sites is 1. The van der Waals surface area contributed by atoms with Gasteiger partial charge in [-0.25, -0.2) is 4.98 Å². The third-order valence-electron chi connectivity index (χ3n) is 5.03. The summed E-state index contributed by atoms with van der Waals surface area (Å²) < 4.78 is 6.96. The number of thiophene rings is 1. The number of nitrogens with one attached hydrogen (secondary N) is 1. The average molecular weight is 398 g/mol. The van der Waals surface area contributed by atoms with Crippen molar-refractivity contribution in [3.8, 4) is 5.75 Å². The molecule has 28 heavy (non-hydrogen) atoms. The van der Waals surface area contributed by atoms with Crippen molar-refractivity contribution in [3.63, 3.8) is 0 Å². The second-order valence-corrected chi connectivity index (χ2v) is 8.30. The molecule has 0 saturated carbocycles. The molecule has 0 aliphatic heterocycles. The first kappa shape index (κ1) is 18.7. The zero-order chi connectivity index (χ0) is 19.5. The molecule has 2 heterocycles. The smallest absolute Gasteiger partial charge is 0.262 e. The first-order chi connectivity index (χ1) is 13.6. The third kappa shape index (κ3) is 3.94. The van der Waals surface area contributed by atoms with E-state index in [4.69, 9.17) is 4.74 Å². The molecule has 1 atom stereocenters. The van der Waals surface area contributed by atoms with Crippen molar-refractivity contribution < 1.29 is 9.53 Å². The fraction of sp³-hybridized carbons (Fsp3) is 0.381. The molecule has 1 aromatic carbocycles. The molecule has 1 aliphatic carbocycles. The van der Waals surface area contributed by atoms with Crippen molar-refractivity contribution in [1.82, 2.24) is 14.9 Å². The summed E-state index contributed by atoms with van der Waals surface area (Å²) in [5.41, 5.74) is 1.02. The topological polar surface area (TPSA) is 73.2 Å². The molecular weight excluding hydrogens is 374 g/mol. The lowest BCUT2D eigenvalue weighted by Crippen LogP contribution is -2.34. The lowest BCUT2D eigenvalue weighted by Gasteiger charge is -2.17. The van der Waals surface area contributed by atoms with Crippen molar-refractivity contribution >= 4 is 27.5 Å². The predicted octanol–water partition coefficient (Wildman–Crippen LogP) is 2.78. The van der Waals surface area contributed by atoms with Crippen molar-refractivity contribution in [2.75, 3.05) is 13.2 Å². The zero-order valence-corrected chi connectivity index (χ0v) is 16.6. The van der Waals surface area contributed by atoms with Gasteiger partial charge in [0.1, 0.15) is 23.7 Å². The fourth-order valence-electron chi connectivity index (χ4n) is 3.57. The molecule has 2 aromatic heterocycles. The quantitative estimate of drug-likeness (QED) is 0.649. The fourth-order valence-corrected chi connectivity index (χ4v) is 4.91. The number of aromatic nitrogens is 2. The summed E-state index contributed by atoms with van der Waals surface area (Å²) in [5, 5.41) is 3.49. The van der Waals surface area contributed by atoms with Crippen LogP contribution < -0.4 is 15.6 Å². The summed E-state index contributed by atoms with van der Waals surface area (Å²) in [6.45, 7) is 2.96. The summed E-state index contributed by atoms with van der Waals surface area (Å²) in [7, 11) is 0. The summed E-state index contributed by atoms with van der Waals surface area (Å²) in [4.78, 5) is 31.7. The molecule has 1 amide bonds. The number of hydrogen-bond donors (Lipinski definition) is 1. The normalized spacial score (nSPS) is 16.0. The number of rotatable bonds is 6. The predicted molar refractivity (Wildman–Crippen MR) is 110 cm³/mol. The summed E-state index contributed by atoms with van der Waals surface area (Å²) in [6.07, 6.45) is 4.50. The minimum Gasteiger partial charge on any atom is -0.492 e. The lowest BCUT2D eigenvalue weighted by molar-refractivity contribution is -0.121. The van der Waals surface area contributed by atoms with Crippen LogP contribution in [0.2, 0.25) is 0 Å². The number of carbonyl (C=O) groups is 1. The van der Waals surface area contributed by atoms with Crippen molar-refractivity contribution in [2.24, 2.45) is 5.92 Å². The first-order valence-electron chi connectivity index (χ1n) is 9.56. The number of nitrogens with zero attached hydrogens (tertiary/aromatic N) is 2. The Morgan fingerprint density at radius 2 is 2.18 bits per heavy atom. The van der Waals surface area contributed by atoms with Gasteiger partial charge in [-0.2, -0.15) is 0 Å². The van der Waals surface area contributed by atoms with Gasteiger partial charge in [0, 0.05) is 4.88 Å². The number of benzene rings is 1. The molecule has 4 rings (SSSR count). The van der Waals surface area contributed by atoms with Gasteiger partial charge in [0.05, 0.1) is 18.3 Å². The van der Waals surface area contributed by atoms with Gasteiger partial charge >= 0.3 is 0 Å². The van der Waals surface area contributed by atoms with E-state index in [2.05, 4.69) is 17.2 Å². The maximum absolute atomic E-state index is 12.9. The van der Waals surface area contributed by atoms with E-state index in [1.807, 2.05) is 30.3 Å². The molecule has 1 aliphatic rings. The zero-order valence-electron chi connectivity index (χ0n) is 15.8. The van der Waals surface area contributed by atoms with Crippen LogP contribution in [-0.2, 0) is 24.2 Å². The van der Waals surface area contributed by atoms with Crippen molar-refractivity contribution in [2.45, 2.75) is 32.7 Å². The van der Waals surface area contributed by atoms with Crippen LogP contribution in [0.4, 0.5) is 0 Å². The van der Waals surface area contributed by atoms with E-state index in [-0.39, 0.29) is 18.0 Å². The molecule has 0 saturated heterocycles. The van der Waals surface area contributed by atoms with Gasteiger partial charge in [-0.15, -0.1) is 11.3 Å². The molecule has 146 valence electrons. The van der Waals surface area contributed by atoms with E-state index in [0.29, 0.717) is 24.5 Å². The van der Waals surface area contributed by atoms with E-state index in [9.17, 15) is 9.59 Å². The molecule has 1 N–H and O–H groups in total. The van der Waals surface area contributed by atoms with Gasteiger partial charge in [0.2, 0.25) is 5.91 Å². The van der Waals surface area contributed by atoms with Gasteiger partial charge in [0.25, 0.3) is 5.56 Å². The number of carbonyl (C=O) groups excluding carboxylic acids is 1. The van der Waals surface area contributed by atoms with E-state index in [1.54, 1.807) is 11.3 Å². The Balaban J connectivity index is 1.39. The average Bonchev–Trinajstić information content (AvgIpc) is 3.06. The number of fused-ring (bicyclic) bond motifs is 3. The van der Waals surface area contributed by atoms with Crippen LogP contribution in [0, 0.1) is 5.92 Å². The molecule has 0 radical (unpaired) electrons. The minimum atomic E-state index is -0.224. The molecule has 0 unspecified atom stereocenters. The van der Waals surface area contributed by atoms with E-state index >= 15 is 0 Å². The number of ether oxygens (including phenoxy) is 1. The number of aryl methyl sites for hydroxylation is 1. The highest BCUT2D eigenvalue weighted by molar-refractivity contribution is 7.18. The van der Waals surface area contributed by atoms with Crippen molar-refractivity contribution in [3.05, 3.63) is 57.5 Å². The highest BCUT2D eigenvalue weighted by Gasteiger charge is 2.23. The minimum absolute atomic E-state index is 0.0336. The number of hydrogen-bond acceptors (Lipinski definition) is 5. The summed E-state index contributed by atoms with van der Waals surface area (Å²) in [5.74, 6) is 1.18. The van der Waals surface area contributed by atoms with Gasteiger partial charge in [-0.1, -0.05) is 25.1 Å². The van der Waals surface area contributed by atoms with Crippen LogP contribution in [0.25, 0.3) is 10.2 Å². The van der Waals surface area contributed by atoms with E-state index < -0.39 is 0 Å². The molecule has 6 nitrogen and oxygen atoms in total. The van der Waals surface area contributed by atoms with E-state index in [1.165, 1.54) is 15.8 Å². The maximum Gasteiger partial charge on any atom is 0.262 e. The molecular formula is C21H23N3O3S. The second-order valence-electron chi connectivity index (χ2n) is 7.22. The molecule has 0 spiro atoms. The Kier molecular flexibility index (Phi) is 5.43. The third-order valence-corrected chi connectivity index (χ3v) is 6.19. The first-order valence-corrected chi connectivity index (χ1v) is 10.4. The SMILES string of the molecule is C[C@H]1CCc2c(sc3ncn(CC(=O)NCCOc4ccccc4)c(=O)c23)C1. The lowest BCUT2D eigenvalue weighted by atomic mass is 9.89. The highest BCUT2D eigenvalue weighted by Crippen LogP contribution is 2.35. The standard InChI is InChI=1S/C21H23N3O3S/c1-14-7-8-16-17(11-14)28-20-19(16)21(26)24(13-23-20)12-18(25)22-9-10-27-15-5-3-2-4-6-15/h2-6,13-14H,7-12H2,1H3,(H,22,25)/t14-/m0/s1. The largest absolute Gasteiger partial charge is 0.492 e. The van der Waals surface area contributed by atoms with Crippen LogP contribution in [0.15, 0.2) is 41.5 Å². The summed E-state index contributed by atoms with van der Waals surface area (Å²) in [6, 6.07) is 9.44. The summed E-state index contributed by atoms with van der Waals surface area (Å²) >= 11 is 1.62. The van der Waals surface area contributed by atoms with Gasteiger partial charge < -0.3 is 10.1 Å². The Bertz CT molecular complexity index is 1040. The highest BCUT2D eigenvalue weighted by atomic mass is 32.1. The van der Waals surface area contributed by atoms with Gasteiger partial charge in [-0.05, 0) is 42.9 Å².